The molecule has 0 saturated carbocycles. The van der Waals surface area contributed by atoms with Crippen molar-refractivity contribution in [2.24, 2.45) is 0 Å². The number of methoxy groups -OCH3 is 1. The quantitative estimate of drug-likeness (QED) is 0.828. The van der Waals surface area contributed by atoms with Gasteiger partial charge in [0, 0.05) is 25.8 Å². The minimum Gasteiger partial charge on any atom is -0.480 e. The Morgan fingerprint density at radius 1 is 1.56 bits per heavy atom. The monoisotopic (exact) mass is 221 g/mol. The molecular formula is C12H15NO3. The van der Waals surface area contributed by atoms with Gasteiger partial charge in [0.2, 0.25) is 0 Å². The maximum Gasteiger partial charge on any atom is 0.326 e. The summed E-state index contributed by atoms with van der Waals surface area (Å²) in [6, 6.07) is 7.37. The number of anilines is 1. The number of carbonyl (C=O) groups is 1. The largest absolute Gasteiger partial charge is 0.480 e. The highest BCUT2D eigenvalue weighted by molar-refractivity contribution is 5.82. The van der Waals surface area contributed by atoms with Crippen LogP contribution in [0.25, 0.3) is 0 Å². The predicted octanol–water partition coefficient (Wildman–Crippen LogP) is 1.15. The summed E-state index contributed by atoms with van der Waals surface area (Å²) in [4.78, 5) is 13.1. The molecule has 1 aliphatic rings. The Balaban J connectivity index is 2.25. The smallest absolute Gasteiger partial charge is 0.326 e. The van der Waals surface area contributed by atoms with E-state index in [0.29, 0.717) is 19.6 Å². The van der Waals surface area contributed by atoms with Crippen molar-refractivity contribution in [3.8, 4) is 0 Å². The van der Waals surface area contributed by atoms with Gasteiger partial charge in [-0.05, 0) is 11.6 Å². The maximum absolute atomic E-state index is 11.2. The summed E-state index contributed by atoms with van der Waals surface area (Å²) in [7, 11) is 1.62. The number of fused-ring (bicyclic) bond motifs is 1. The van der Waals surface area contributed by atoms with E-state index in [1.165, 1.54) is 0 Å². The van der Waals surface area contributed by atoms with E-state index in [1.54, 1.807) is 7.11 Å². The molecule has 16 heavy (non-hydrogen) atoms. The van der Waals surface area contributed by atoms with Crippen molar-refractivity contribution < 1.29 is 14.6 Å². The van der Waals surface area contributed by atoms with Gasteiger partial charge in [-0.1, -0.05) is 18.2 Å². The van der Waals surface area contributed by atoms with Crippen molar-refractivity contribution in [1.29, 1.82) is 0 Å². The molecule has 0 fully saturated rings. The number of para-hydroxylation sites is 1. The number of nitrogens with zero attached hydrogens (tertiary/aromatic N) is 1. The van der Waals surface area contributed by atoms with E-state index in [-0.39, 0.29) is 0 Å². The Morgan fingerprint density at radius 3 is 3.00 bits per heavy atom. The van der Waals surface area contributed by atoms with E-state index in [9.17, 15) is 9.90 Å². The van der Waals surface area contributed by atoms with Crippen LogP contribution in [0.1, 0.15) is 5.56 Å². The molecule has 86 valence electrons. The molecule has 0 amide bonds. The van der Waals surface area contributed by atoms with E-state index in [4.69, 9.17) is 4.74 Å². The maximum atomic E-state index is 11.2. The first kappa shape index (κ1) is 11.0. The van der Waals surface area contributed by atoms with Crippen molar-refractivity contribution in [3.05, 3.63) is 29.8 Å². The SMILES string of the molecule is COCCN1c2ccccc2CC1C(=O)O. The molecule has 0 spiro atoms. The summed E-state index contributed by atoms with van der Waals surface area (Å²) in [5, 5.41) is 9.17. The molecule has 4 nitrogen and oxygen atoms in total. The van der Waals surface area contributed by atoms with Gasteiger partial charge in [0.15, 0.2) is 0 Å². The van der Waals surface area contributed by atoms with Gasteiger partial charge in [0.1, 0.15) is 6.04 Å². The third-order valence-corrected chi connectivity index (χ3v) is 2.91. The minimum absolute atomic E-state index is 0.451. The van der Waals surface area contributed by atoms with E-state index < -0.39 is 12.0 Å². The second kappa shape index (κ2) is 4.53. The Kier molecular flexibility index (Phi) is 3.10. The zero-order chi connectivity index (χ0) is 11.5. The van der Waals surface area contributed by atoms with E-state index in [1.807, 2.05) is 29.2 Å². The molecule has 4 heteroatoms. The second-order valence-corrected chi connectivity index (χ2v) is 3.87. The summed E-state index contributed by atoms with van der Waals surface area (Å²) in [5.41, 5.74) is 2.12. The lowest BCUT2D eigenvalue weighted by molar-refractivity contribution is -0.138. The number of carboxylic acid groups (broad SMARTS) is 1. The van der Waals surface area contributed by atoms with Crippen LogP contribution in [0.2, 0.25) is 0 Å². The van der Waals surface area contributed by atoms with Crippen LogP contribution in [0.15, 0.2) is 24.3 Å². The van der Waals surface area contributed by atoms with E-state index >= 15 is 0 Å². The summed E-state index contributed by atoms with van der Waals surface area (Å²) in [6.07, 6.45) is 0.579. The summed E-state index contributed by atoms with van der Waals surface area (Å²) >= 11 is 0. The highest BCUT2D eigenvalue weighted by Crippen LogP contribution is 2.31. The van der Waals surface area contributed by atoms with Crippen LogP contribution in [0.4, 0.5) is 5.69 Å². The molecule has 1 aromatic rings. The molecule has 0 aliphatic carbocycles. The average Bonchev–Trinajstić information content (AvgIpc) is 2.65. The highest BCUT2D eigenvalue weighted by Gasteiger charge is 2.33. The predicted molar refractivity (Wildman–Crippen MR) is 60.8 cm³/mol. The fourth-order valence-corrected chi connectivity index (χ4v) is 2.14. The number of hydrogen-bond donors (Lipinski definition) is 1. The Hall–Kier alpha value is -1.55. The molecule has 1 aliphatic heterocycles. The topological polar surface area (TPSA) is 49.8 Å². The molecule has 0 saturated heterocycles. The normalized spacial score (nSPS) is 18.6. The standard InChI is InChI=1S/C12H15NO3/c1-16-7-6-13-10-5-3-2-4-9(10)8-11(13)12(14)15/h2-5,11H,6-8H2,1H3,(H,14,15). The zero-order valence-electron chi connectivity index (χ0n) is 9.22. The van der Waals surface area contributed by atoms with Crippen LogP contribution in [-0.4, -0.2) is 37.4 Å². The van der Waals surface area contributed by atoms with Crippen molar-refractivity contribution in [1.82, 2.24) is 0 Å². The average molecular weight is 221 g/mol. The second-order valence-electron chi connectivity index (χ2n) is 3.87. The molecule has 0 radical (unpaired) electrons. The molecule has 1 aromatic carbocycles. The van der Waals surface area contributed by atoms with Gasteiger partial charge in [-0.15, -0.1) is 0 Å². The van der Waals surface area contributed by atoms with Crippen molar-refractivity contribution in [2.75, 3.05) is 25.2 Å². The van der Waals surface area contributed by atoms with Crippen LogP contribution in [0.3, 0.4) is 0 Å². The fraction of sp³-hybridized carbons (Fsp3) is 0.417. The number of rotatable bonds is 4. The van der Waals surface area contributed by atoms with Gasteiger partial charge in [-0.25, -0.2) is 4.79 Å². The third-order valence-electron chi connectivity index (χ3n) is 2.91. The van der Waals surface area contributed by atoms with Crippen molar-refractivity contribution in [2.45, 2.75) is 12.5 Å². The first-order valence-electron chi connectivity index (χ1n) is 5.30. The van der Waals surface area contributed by atoms with Crippen LogP contribution in [0.5, 0.6) is 0 Å². The lowest BCUT2D eigenvalue weighted by Crippen LogP contribution is -2.40. The van der Waals surface area contributed by atoms with Crippen molar-refractivity contribution >= 4 is 11.7 Å². The van der Waals surface area contributed by atoms with E-state index in [0.717, 1.165) is 11.3 Å². The molecule has 1 heterocycles. The van der Waals surface area contributed by atoms with Crippen molar-refractivity contribution in [3.63, 3.8) is 0 Å². The van der Waals surface area contributed by atoms with Gasteiger partial charge >= 0.3 is 5.97 Å². The van der Waals surface area contributed by atoms with Gasteiger partial charge in [-0.2, -0.15) is 0 Å². The number of aliphatic carboxylic acids is 1. The first-order valence-corrected chi connectivity index (χ1v) is 5.30. The Labute approximate surface area is 94.4 Å². The zero-order valence-corrected chi connectivity index (χ0v) is 9.22. The summed E-state index contributed by atoms with van der Waals surface area (Å²) in [5.74, 6) is -0.771. The molecule has 1 unspecified atom stereocenters. The van der Waals surface area contributed by atoms with Gasteiger partial charge < -0.3 is 14.7 Å². The lowest BCUT2D eigenvalue weighted by Gasteiger charge is -2.24. The van der Waals surface area contributed by atoms with Crippen LogP contribution in [-0.2, 0) is 16.0 Å². The molecule has 0 aromatic heterocycles. The lowest BCUT2D eigenvalue weighted by atomic mass is 10.1. The summed E-state index contributed by atoms with van der Waals surface area (Å²) in [6.45, 7) is 1.16. The van der Waals surface area contributed by atoms with Crippen LogP contribution >= 0.6 is 0 Å². The Bertz CT molecular complexity index is 392. The molecule has 0 bridgehead atoms. The highest BCUT2D eigenvalue weighted by atomic mass is 16.5. The molecule has 2 rings (SSSR count). The number of hydrogen-bond acceptors (Lipinski definition) is 3. The number of benzene rings is 1. The molecule has 1 N–H and O–H groups in total. The van der Waals surface area contributed by atoms with E-state index in [2.05, 4.69) is 0 Å². The first-order chi connectivity index (χ1) is 7.74. The summed E-state index contributed by atoms with van der Waals surface area (Å²) < 4.78 is 5.01. The van der Waals surface area contributed by atoms with Crippen LogP contribution < -0.4 is 4.90 Å². The van der Waals surface area contributed by atoms with Gasteiger partial charge in [-0.3, -0.25) is 0 Å². The number of ether oxygens (including phenoxy) is 1. The fourth-order valence-electron chi connectivity index (χ4n) is 2.14. The minimum atomic E-state index is -0.771. The van der Waals surface area contributed by atoms with Crippen LogP contribution in [0, 0.1) is 0 Å². The Morgan fingerprint density at radius 2 is 2.31 bits per heavy atom. The molecule has 1 atom stereocenters. The number of carboxylic acids is 1. The van der Waals surface area contributed by atoms with Gasteiger partial charge in [0.05, 0.1) is 6.61 Å². The molecular weight excluding hydrogens is 206 g/mol. The van der Waals surface area contributed by atoms with Gasteiger partial charge in [0.25, 0.3) is 0 Å². The third kappa shape index (κ3) is 1.88.